The zero-order valence-corrected chi connectivity index (χ0v) is 11.1. The molecule has 0 bridgehead atoms. The first-order valence-electron chi connectivity index (χ1n) is 7.45. The molecule has 18 heavy (non-hydrogen) atoms. The molecule has 0 spiro atoms. The Hall–Kier alpha value is -0.610. The van der Waals surface area contributed by atoms with E-state index in [1.807, 2.05) is 0 Å². The van der Waals surface area contributed by atoms with Crippen molar-refractivity contribution in [3.05, 3.63) is 0 Å². The van der Waals surface area contributed by atoms with Crippen LogP contribution < -0.4 is 0 Å². The Bertz CT molecular complexity index is 328. The van der Waals surface area contributed by atoms with Gasteiger partial charge in [0.15, 0.2) is 0 Å². The largest absolute Gasteiger partial charge is 0.480 e. The maximum absolute atomic E-state index is 11.9. The SMILES string of the molecule is O=C(O)C1(N2CCCCC2)CCN2CCCC2C1. The average molecular weight is 252 g/mol. The van der Waals surface area contributed by atoms with E-state index in [9.17, 15) is 9.90 Å². The van der Waals surface area contributed by atoms with Gasteiger partial charge in [0.05, 0.1) is 0 Å². The van der Waals surface area contributed by atoms with E-state index in [4.69, 9.17) is 0 Å². The molecule has 3 fully saturated rings. The lowest BCUT2D eigenvalue weighted by Gasteiger charge is -2.49. The lowest BCUT2D eigenvalue weighted by atomic mass is 9.80. The van der Waals surface area contributed by atoms with Gasteiger partial charge in [-0.15, -0.1) is 0 Å². The van der Waals surface area contributed by atoms with Crippen LogP contribution in [-0.2, 0) is 4.79 Å². The number of piperidine rings is 2. The van der Waals surface area contributed by atoms with E-state index in [2.05, 4.69) is 9.80 Å². The summed E-state index contributed by atoms with van der Waals surface area (Å²) in [5.41, 5.74) is -0.550. The quantitative estimate of drug-likeness (QED) is 0.810. The van der Waals surface area contributed by atoms with Crippen LogP contribution in [0.1, 0.15) is 44.9 Å². The van der Waals surface area contributed by atoms with Crippen LogP contribution >= 0.6 is 0 Å². The van der Waals surface area contributed by atoms with Crippen molar-refractivity contribution < 1.29 is 9.90 Å². The molecule has 3 saturated heterocycles. The summed E-state index contributed by atoms with van der Waals surface area (Å²) >= 11 is 0. The van der Waals surface area contributed by atoms with Crippen LogP contribution in [-0.4, -0.2) is 58.6 Å². The van der Waals surface area contributed by atoms with Crippen molar-refractivity contribution in [2.45, 2.75) is 56.5 Å². The summed E-state index contributed by atoms with van der Waals surface area (Å²) in [5, 5.41) is 9.80. The highest BCUT2D eigenvalue weighted by Crippen LogP contribution is 2.38. The number of hydrogen-bond donors (Lipinski definition) is 1. The summed E-state index contributed by atoms with van der Waals surface area (Å²) in [5.74, 6) is -0.573. The molecular formula is C14H24N2O2. The standard InChI is InChI=1S/C14H24N2O2/c17-13(18)14(16-8-2-1-3-9-16)6-10-15-7-4-5-12(15)11-14/h12H,1-11H2,(H,17,18). The van der Waals surface area contributed by atoms with Gasteiger partial charge in [0.25, 0.3) is 0 Å². The van der Waals surface area contributed by atoms with Crippen molar-refractivity contribution in [2.24, 2.45) is 0 Å². The van der Waals surface area contributed by atoms with Gasteiger partial charge in [-0.25, -0.2) is 0 Å². The van der Waals surface area contributed by atoms with Crippen LogP contribution in [0.25, 0.3) is 0 Å². The fourth-order valence-electron chi connectivity index (χ4n) is 4.18. The van der Waals surface area contributed by atoms with Gasteiger partial charge in [0.2, 0.25) is 0 Å². The van der Waals surface area contributed by atoms with Crippen molar-refractivity contribution >= 4 is 5.97 Å². The van der Waals surface area contributed by atoms with Crippen LogP contribution in [0.4, 0.5) is 0 Å². The first-order valence-corrected chi connectivity index (χ1v) is 7.45. The Morgan fingerprint density at radius 2 is 1.83 bits per heavy atom. The van der Waals surface area contributed by atoms with Crippen molar-refractivity contribution in [3.8, 4) is 0 Å². The number of likely N-dealkylation sites (tertiary alicyclic amines) is 1. The minimum absolute atomic E-state index is 0.525. The van der Waals surface area contributed by atoms with E-state index in [1.54, 1.807) is 0 Å². The monoisotopic (exact) mass is 252 g/mol. The van der Waals surface area contributed by atoms with E-state index < -0.39 is 11.5 Å². The highest BCUT2D eigenvalue weighted by atomic mass is 16.4. The van der Waals surface area contributed by atoms with E-state index in [0.29, 0.717) is 6.04 Å². The number of nitrogens with zero attached hydrogens (tertiary/aromatic N) is 2. The van der Waals surface area contributed by atoms with E-state index in [-0.39, 0.29) is 0 Å². The summed E-state index contributed by atoms with van der Waals surface area (Å²) in [6.45, 7) is 4.13. The molecule has 3 aliphatic rings. The normalized spacial score (nSPS) is 38.6. The second-order valence-electron chi connectivity index (χ2n) is 6.17. The molecule has 0 aromatic rings. The molecule has 0 saturated carbocycles. The van der Waals surface area contributed by atoms with E-state index in [0.717, 1.165) is 32.5 Å². The molecule has 2 unspecified atom stereocenters. The van der Waals surface area contributed by atoms with Gasteiger partial charge < -0.3 is 10.0 Å². The van der Waals surface area contributed by atoms with Crippen LogP contribution in [0.3, 0.4) is 0 Å². The van der Waals surface area contributed by atoms with Gasteiger partial charge in [0, 0.05) is 12.6 Å². The van der Waals surface area contributed by atoms with Gasteiger partial charge in [-0.3, -0.25) is 9.69 Å². The first kappa shape index (κ1) is 12.4. The highest BCUT2D eigenvalue weighted by Gasteiger charge is 2.50. The summed E-state index contributed by atoms with van der Waals surface area (Å²) < 4.78 is 0. The lowest BCUT2D eigenvalue weighted by molar-refractivity contribution is -0.157. The average Bonchev–Trinajstić information content (AvgIpc) is 2.86. The maximum atomic E-state index is 11.9. The molecule has 3 aliphatic heterocycles. The Morgan fingerprint density at radius 1 is 1.06 bits per heavy atom. The fraction of sp³-hybridized carbons (Fsp3) is 0.929. The third kappa shape index (κ3) is 1.95. The number of rotatable bonds is 2. The Balaban J connectivity index is 1.80. The van der Waals surface area contributed by atoms with Gasteiger partial charge >= 0.3 is 5.97 Å². The summed E-state index contributed by atoms with van der Waals surface area (Å²) in [6.07, 6.45) is 7.72. The predicted molar refractivity (Wildman–Crippen MR) is 69.6 cm³/mol. The van der Waals surface area contributed by atoms with E-state index >= 15 is 0 Å². The summed E-state index contributed by atoms with van der Waals surface area (Å²) in [4.78, 5) is 16.7. The molecule has 0 radical (unpaired) electrons. The van der Waals surface area contributed by atoms with Crippen LogP contribution in [0, 0.1) is 0 Å². The molecule has 0 amide bonds. The first-order chi connectivity index (χ1) is 8.72. The van der Waals surface area contributed by atoms with Gasteiger partial charge in [-0.2, -0.15) is 0 Å². The molecule has 4 nitrogen and oxygen atoms in total. The topological polar surface area (TPSA) is 43.8 Å². The Kier molecular flexibility index (Phi) is 3.32. The molecular weight excluding hydrogens is 228 g/mol. The zero-order valence-electron chi connectivity index (χ0n) is 11.1. The molecule has 1 N–H and O–H groups in total. The number of carbonyl (C=O) groups is 1. The second kappa shape index (κ2) is 4.82. The number of carboxylic acids is 1. The predicted octanol–water partition coefficient (Wildman–Crippen LogP) is 1.55. The van der Waals surface area contributed by atoms with Gasteiger partial charge in [0.1, 0.15) is 5.54 Å². The number of hydrogen-bond acceptors (Lipinski definition) is 3. The Morgan fingerprint density at radius 3 is 2.56 bits per heavy atom. The van der Waals surface area contributed by atoms with Gasteiger partial charge in [-0.1, -0.05) is 6.42 Å². The summed E-state index contributed by atoms with van der Waals surface area (Å²) in [6, 6.07) is 0.525. The maximum Gasteiger partial charge on any atom is 0.324 e. The molecule has 3 rings (SSSR count). The van der Waals surface area contributed by atoms with Crippen molar-refractivity contribution in [2.75, 3.05) is 26.2 Å². The summed E-state index contributed by atoms with van der Waals surface area (Å²) in [7, 11) is 0. The lowest BCUT2D eigenvalue weighted by Crippen LogP contribution is -2.62. The van der Waals surface area contributed by atoms with E-state index in [1.165, 1.54) is 38.6 Å². The van der Waals surface area contributed by atoms with Gasteiger partial charge in [-0.05, 0) is 58.2 Å². The number of fused-ring (bicyclic) bond motifs is 1. The third-order valence-electron chi connectivity index (χ3n) is 5.24. The molecule has 0 aliphatic carbocycles. The molecule has 2 atom stereocenters. The van der Waals surface area contributed by atoms with Crippen molar-refractivity contribution in [1.82, 2.24) is 9.80 Å². The molecule has 4 heteroatoms. The van der Waals surface area contributed by atoms with Crippen molar-refractivity contribution in [1.29, 1.82) is 0 Å². The van der Waals surface area contributed by atoms with Crippen molar-refractivity contribution in [3.63, 3.8) is 0 Å². The highest BCUT2D eigenvalue weighted by molar-refractivity contribution is 5.79. The number of carboxylic acid groups (broad SMARTS) is 1. The van der Waals surface area contributed by atoms with Crippen LogP contribution in [0.15, 0.2) is 0 Å². The van der Waals surface area contributed by atoms with Crippen LogP contribution in [0.5, 0.6) is 0 Å². The molecule has 102 valence electrons. The fourth-order valence-corrected chi connectivity index (χ4v) is 4.18. The number of aliphatic carboxylic acids is 1. The Labute approximate surface area is 109 Å². The molecule has 3 heterocycles. The minimum atomic E-state index is -0.573. The van der Waals surface area contributed by atoms with Crippen LogP contribution in [0.2, 0.25) is 0 Å². The molecule has 0 aromatic heterocycles. The smallest absolute Gasteiger partial charge is 0.324 e. The zero-order chi connectivity index (χ0) is 12.6. The molecule has 0 aromatic carbocycles. The third-order valence-corrected chi connectivity index (χ3v) is 5.24. The minimum Gasteiger partial charge on any atom is -0.480 e. The second-order valence-corrected chi connectivity index (χ2v) is 6.17.